The van der Waals surface area contributed by atoms with Gasteiger partial charge in [0.1, 0.15) is 5.69 Å². The van der Waals surface area contributed by atoms with Gasteiger partial charge in [0.25, 0.3) is 11.8 Å². The maximum atomic E-state index is 12.9. The molecule has 0 atom stereocenters. The maximum absolute atomic E-state index is 12.9. The Hall–Kier alpha value is -2.77. The van der Waals surface area contributed by atoms with Gasteiger partial charge in [-0.3, -0.25) is 19.5 Å². The monoisotopic (exact) mass is 396 g/mol. The van der Waals surface area contributed by atoms with Crippen molar-refractivity contribution in [2.75, 3.05) is 45.9 Å². The fourth-order valence-electron chi connectivity index (χ4n) is 3.24. The molecule has 1 fully saturated rings. The molecule has 0 unspecified atom stereocenters. The molecule has 2 amide bonds. The molecular formula is C22H28N4O3. The average molecular weight is 396 g/mol. The Morgan fingerprint density at radius 3 is 2.66 bits per heavy atom. The third-order valence-electron chi connectivity index (χ3n) is 4.94. The highest BCUT2D eigenvalue weighted by Crippen LogP contribution is 2.11. The van der Waals surface area contributed by atoms with Crippen LogP contribution in [0.25, 0.3) is 0 Å². The number of hydrogen-bond donors (Lipinski definition) is 1. The molecule has 3 rings (SSSR count). The second kappa shape index (κ2) is 10.7. The van der Waals surface area contributed by atoms with Crippen molar-refractivity contribution in [2.24, 2.45) is 0 Å². The summed E-state index contributed by atoms with van der Waals surface area (Å²) in [5.41, 5.74) is 1.79. The molecule has 2 aromatic rings. The van der Waals surface area contributed by atoms with Crippen LogP contribution in [0.3, 0.4) is 0 Å². The zero-order chi connectivity index (χ0) is 20.5. The van der Waals surface area contributed by atoms with Gasteiger partial charge in [-0.05, 0) is 24.6 Å². The van der Waals surface area contributed by atoms with E-state index in [9.17, 15) is 9.59 Å². The SMILES string of the molecule is CCN(Cc1ccccc1)C(=O)c1ccnc(C(=O)NCCN2CCOCC2)c1. The summed E-state index contributed by atoms with van der Waals surface area (Å²) < 4.78 is 5.32. The normalized spacial score (nSPS) is 14.4. The summed E-state index contributed by atoms with van der Waals surface area (Å²) in [6.07, 6.45) is 1.51. The number of nitrogens with zero attached hydrogens (tertiary/aromatic N) is 3. The van der Waals surface area contributed by atoms with Gasteiger partial charge in [-0.1, -0.05) is 30.3 Å². The molecule has 0 aliphatic carbocycles. The van der Waals surface area contributed by atoms with Gasteiger partial charge in [-0.15, -0.1) is 0 Å². The molecule has 0 radical (unpaired) electrons. The summed E-state index contributed by atoms with van der Waals surface area (Å²) in [6.45, 7) is 7.59. The van der Waals surface area contributed by atoms with E-state index in [0.717, 1.165) is 38.4 Å². The van der Waals surface area contributed by atoms with Crippen molar-refractivity contribution >= 4 is 11.8 Å². The van der Waals surface area contributed by atoms with Crippen LogP contribution >= 0.6 is 0 Å². The Kier molecular flexibility index (Phi) is 7.72. The van der Waals surface area contributed by atoms with E-state index in [2.05, 4.69) is 15.2 Å². The zero-order valence-corrected chi connectivity index (χ0v) is 16.8. The molecule has 7 heteroatoms. The standard InChI is InChI=1S/C22H28N4O3/c1-2-26(17-18-6-4-3-5-7-18)22(28)19-8-9-23-20(16-19)21(27)24-10-11-25-12-14-29-15-13-25/h3-9,16H,2,10-15,17H2,1H3,(H,24,27). The summed E-state index contributed by atoms with van der Waals surface area (Å²) in [4.78, 5) is 33.5. The van der Waals surface area contributed by atoms with Crippen LogP contribution in [0.4, 0.5) is 0 Å². The van der Waals surface area contributed by atoms with Crippen LogP contribution in [0.15, 0.2) is 48.7 Å². The number of hydrogen-bond acceptors (Lipinski definition) is 5. The number of pyridine rings is 1. The molecule has 1 aliphatic heterocycles. The van der Waals surface area contributed by atoms with Crippen molar-refractivity contribution in [2.45, 2.75) is 13.5 Å². The number of aromatic nitrogens is 1. The largest absolute Gasteiger partial charge is 0.379 e. The minimum Gasteiger partial charge on any atom is -0.379 e. The number of carbonyl (C=O) groups excluding carboxylic acids is 2. The topological polar surface area (TPSA) is 74.8 Å². The first-order chi connectivity index (χ1) is 14.2. The summed E-state index contributed by atoms with van der Waals surface area (Å²) >= 11 is 0. The average Bonchev–Trinajstić information content (AvgIpc) is 2.78. The molecule has 0 bridgehead atoms. The van der Waals surface area contributed by atoms with E-state index in [4.69, 9.17) is 4.74 Å². The van der Waals surface area contributed by atoms with Gasteiger partial charge in [0.15, 0.2) is 0 Å². The lowest BCUT2D eigenvalue weighted by atomic mass is 10.1. The van der Waals surface area contributed by atoms with Crippen LogP contribution in [0.2, 0.25) is 0 Å². The molecule has 1 N–H and O–H groups in total. The van der Waals surface area contributed by atoms with Crippen LogP contribution in [0.5, 0.6) is 0 Å². The molecule has 29 heavy (non-hydrogen) atoms. The molecule has 154 valence electrons. The van der Waals surface area contributed by atoms with Crippen molar-refractivity contribution in [1.82, 2.24) is 20.1 Å². The first kappa shape index (κ1) is 21.0. The highest BCUT2D eigenvalue weighted by atomic mass is 16.5. The zero-order valence-electron chi connectivity index (χ0n) is 16.8. The van der Waals surface area contributed by atoms with Crippen LogP contribution in [0.1, 0.15) is 33.3 Å². The van der Waals surface area contributed by atoms with Gasteiger partial charge in [0.05, 0.1) is 13.2 Å². The van der Waals surface area contributed by atoms with Crippen molar-refractivity contribution in [1.29, 1.82) is 0 Å². The minimum absolute atomic E-state index is 0.110. The lowest BCUT2D eigenvalue weighted by Crippen LogP contribution is -2.41. The van der Waals surface area contributed by atoms with Crippen molar-refractivity contribution in [3.63, 3.8) is 0 Å². The molecule has 1 aromatic heterocycles. The third kappa shape index (κ3) is 6.10. The van der Waals surface area contributed by atoms with Gasteiger partial charge in [0, 0.05) is 51.0 Å². The van der Waals surface area contributed by atoms with E-state index in [1.165, 1.54) is 6.20 Å². The van der Waals surface area contributed by atoms with E-state index in [-0.39, 0.29) is 17.5 Å². The van der Waals surface area contributed by atoms with E-state index in [1.807, 2.05) is 37.3 Å². The molecular weight excluding hydrogens is 368 g/mol. The molecule has 7 nitrogen and oxygen atoms in total. The van der Waals surface area contributed by atoms with E-state index in [1.54, 1.807) is 17.0 Å². The number of amides is 2. The Morgan fingerprint density at radius 1 is 1.17 bits per heavy atom. The first-order valence-electron chi connectivity index (χ1n) is 10.0. The molecule has 1 aromatic carbocycles. The molecule has 2 heterocycles. The quantitative estimate of drug-likeness (QED) is 0.737. The minimum atomic E-state index is -0.265. The first-order valence-corrected chi connectivity index (χ1v) is 10.0. The molecule has 1 aliphatic rings. The second-order valence-electron chi connectivity index (χ2n) is 6.94. The summed E-state index contributed by atoms with van der Waals surface area (Å²) in [5.74, 6) is -0.375. The number of morpholine rings is 1. The maximum Gasteiger partial charge on any atom is 0.269 e. The van der Waals surface area contributed by atoms with E-state index >= 15 is 0 Å². The van der Waals surface area contributed by atoms with Gasteiger partial charge < -0.3 is 15.0 Å². The van der Waals surface area contributed by atoms with E-state index in [0.29, 0.717) is 25.2 Å². The smallest absolute Gasteiger partial charge is 0.269 e. The van der Waals surface area contributed by atoms with Gasteiger partial charge in [0.2, 0.25) is 0 Å². The Balaban J connectivity index is 1.58. The van der Waals surface area contributed by atoms with Crippen molar-refractivity contribution in [3.8, 4) is 0 Å². The predicted molar refractivity (Wildman–Crippen MR) is 111 cm³/mol. The number of carbonyl (C=O) groups is 2. The van der Waals surface area contributed by atoms with Crippen LogP contribution in [0, 0.1) is 0 Å². The number of rotatable bonds is 8. The number of ether oxygens (including phenoxy) is 1. The van der Waals surface area contributed by atoms with Crippen LogP contribution in [-0.4, -0.2) is 72.5 Å². The fraction of sp³-hybridized carbons (Fsp3) is 0.409. The highest BCUT2D eigenvalue weighted by Gasteiger charge is 2.17. The van der Waals surface area contributed by atoms with E-state index < -0.39 is 0 Å². The van der Waals surface area contributed by atoms with Crippen LogP contribution in [-0.2, 0) is 11.3 Å². The second-order valence-corrected chi connectivity index (χ2v) is 6.94. The molecule has 0 saturated carbocycles. The van der Waals surface area contributed by atoms with Crippen molar-refractivity contribution < 1.29 is 14.3 Å². The summed E-state index contributed by atoms with van der Waals surface area (Å²) in [6, 6.07) is 13.1. The number of benzene rings is 1. The summed E-state index contributed by atoms with van der Waals surface area (Å²) in [7, 11) is 0. The van der Waals surface area contributed by atoms with Gasteiger partial charge in [-0.25, -0.2) is 0 Å². The van der Waals surface area contributed by atoms with Crippen molar-refractivity contribution in [3.05, 3.63) is 65.5 Å². The Morgan fingerprint density at radius 2 is 1.93 bits per heavy atom. The van der Waals surface area contributed by atoms with Crippen LogP contribution < -0.4 is 5.32 Å². The van der Waals surface area contributed by atoms with Gasteiger partial charge in [-0.2, -0.15) is 0 Å². The molecule has 0 spiro atoms. The third-order valence-corrected chi connectivity index (χ3v) is 4.94. The predicted octanol–water partition coefficient (Wildman–Crippen LogP) is 1.81. The Labute approximate surface area is 171 Å². The van der Waals surface area contributed by atoms with Gasteiger partial charge >= 0.3 is 0 Å². The number of nitrogens with one attached hydrogen (secondary N) is 1. The lowest BCUT2D eigenvalue weighted by Gasteiger charge is -2.26. The summed E-state index contributed by atoms with van der Waals surface area (Å²) in [5, 5.41) is 2.89. The lowest BCUT2D eigenvalue weighted by molar-refractivity contribution is 0.0383. The highest BCUT2D eigenvalue weighted by molar-refractivity contribution is 5.98. The Bertz CT molecular complexity index is 807. The molecule has 1 saturated heterocycles. The fourth-order valence-corrected chi connectivity index (χ4v) is 3.24.